The van der Waals surface area contributed by atoms with Crippen molar-refractivity contribution >= 4 is 23.0 Å². The summed E-state index contributed by atoms with van der Waals surface area (Å²) in [6.45, 7) is 6.60. The monoisotopic (exact) mass is 251 g/mol. The van der Waals surface area contributed by atoms with E-state index in [-0.39, 0.29) is 34.6 Å². The molecule has 1 rings (SSSR count). The van der Waals surface area contributed by atoms with E-state index in [1.54, 1.807) is 0 Å². The fourth-order valence-corrected chi connectivity index (χ4v) is 1.26. The molecule has 1 unspecified atom stereocenters. The first-order valence-corrected chi connectivity index (χ1v) is 4.45. The minimum Gasteiger partial charge on any atom is -0.459 e. The van der Waals surface area contributed by atoms with Crippen LogP contribution in [-0.4, -0.2) is 24.2 Å². The molecule has 0 aliphatic carbocycles. The molecule has 1 heterocycles. The fraction of sp³-hybridized carbons (Fsp3) is 0.889. The number of halogens is 1. The maximum absolute atomic E-state index is 11.4. The highest BCUT2D eigenvalue weighted by molar-refractivity contribution is 8.93. The van der Waals surface area contributed by atoms with Gasteiger partial charge in [0.1, 0.15) is 11.6 Å². The van der Waals surface area contributed by atoms with E-state index in [0.717, 1.165) is 19.4 Å². The molecular formula is C9H18BrNO2. The van der Waals surface area contributed by atoms with E-state index in [0.29, 0.717) is 0 Å². The van der Waals surface area contributed by atoms with Crippen molar-refractivity contribution in [1.82, 2.24) is 5.32 Å². The Balaban J connectivity index is 0.00000144. The van der Waals surface area contributed by atoms with Crippen molar-refractivity contribution in [2.75, 3.05) is 6.54 Å². The smallest absolute Gasteiger partial charge is 0.323 e. The predicted molar refractivity (Wildman–Crippen MR) is 57.2 cm³/mol. The molecule has 0 aromatic heterocycles. The van der Waals surface area contributed by atoms with Gasteiger partial charge in [-0.25, -0.2) is 0 Å². The molecule has 3 nitrogen and oxygen atoms in total. The van der Waals surface area contributed by atoms with Crippen LogP contribution in [0.5, 0.6) is 0 Å². The number of carbonyl (C=O) groups excluding carboxylic acids is 1. The number of hydrogen-bond acceptors (Lipinski definition) is 3. The molecule has 1 saturated heterocycles. The van der Waals surface area contributed by atoms with E-state index in [1.165, 1.54) is 0 Å². The van der Waals surface area contributed by atoms with Crippen LogP contribution >= 0.6 is 17.0 Å². The third-order valence-electron chi connectivity index (χ3n) is 1.75. The van der Waals surface area contributed by atoms with Crippen LogP contribution in [-0.2, 0) is 9.53 Å². The van der Waals surface area contributed by atoms with Crippen LogP contribution in [0.3, 0.4) is 0 Å². The summed E-state index contributed by atoms with van der Waals surface area (Å²) in [4.78, 5) is 11.4. The number of esters is 1. The second kappa shape index (κ2) is 4.96. The first kappa shape index (κ1) is 12.9. The Morgan fingerprint density at radius 3 is 2.46 bits per heavy atom. The van der Waals surface area contributed by atoms with Crippen molar-refractivity contribution in [3.63, 3.8) is 0 Å². The topological polar surface area (TPSA) is 38.3 Å². The van der Waals surface area contributed by atoms with Crippen molar-refractivity contribution < 1.29 is 9.53 Å². The zero-order chi connectivity index (χ0) is 9.19. The van der Waals surface area contributed by atoms with Gasteiger partial charge in [-0.3, -0.25) is 4.79 Å². The van der Waals surface area contributed by atoms with Crippen LogP contribution in [0.2, 0.25) is 0 Å². The lowest BCUT2D eigenvalue weighted by atomic mass is 10.2. The van der Waals surface area contributed by atoms with Crippen LogP contribution < -0.4 is 5.32 Å². The molecule has 78 valence electrons. The zero-order valence-electron chi connectivity index (χ0n) is 8.42. The molecule has 0 amide bonds. The molecule has 1 aliphatic rings. The molecule has 0 spiro atoms. The fourth-order valence-electron chi connectivity index (χ4n) is 1.26. The van der Waals surface area contributed by atoms with Crippen molar-refractivity contribution in [2.45, 2.75) is 45.3 Å². The molecule has 4 heteroatoms. The van der Waals surface area contributed by atoms with Gasteiger partial charge in [-0.2, -0.15) is 0 Å². The van der Waals surface area contributed by atoms with Crippen molar-refractivity contribution in [3.05, 3.63) is 0 Å². The Kier molecular flexibility index (Phi) is 4.92. The Bertz CT molecular complexity index is 171. The van der Waals surface area contributed by atoms with Crippen molar-refractivity contribution in [1.29, 1.82) is 0 Å². The lowest BCUT2D eigenvalue weighted by molar-refractivity contribution is -0.157. The molecule has 1 atom stereocenters. The summed E-state index contributed by atoms with van der Waals surface area (Å²) in [7, 11) is 0. The second-order valence-electron chi connectivity index (χ2n) is 4.18. The van der Waals surface area contributed by atoms with Crippen molar-refractivity contribution in [2.24, 2.45) is 0 Å². The molecule has 0 bridgehead atoms. The average molecular weight is 252 g/mol. The van der Waals surface area contributed by atoms with E-state index in [1.807, 2.05) is 20.8 Å². The summed E-state index contributed by atoms with van der Waals surface area (Å²) in [5, 5.41) is 3.10. The van der Waals surface area contributed by atoms with Crippen LogP contribution in [0.15, 0.2) is 0 Å². The first-order valence-electron chi connectivity index (χ1n) is 4.45. The highest BCUT2D eigenvalue weighted by Crippen LogP contribution is 2.12. The van der Waals surface area contributed by atoms with E-state index >= 15 is 0 Å². The second-order valence-corrected chi connectivity index (χ2v) is 4.18. The van der Waals surface area contributed by atoms with Gasteiger partial charge in [-0.15, -0.1) is 17.0 Å². The largest absolute Gasteiger partial charge is 0.459 e. The van der Waals surface area contributed by atoms with Gasteiger partial charge in [-0.05, 0) is 40.2 Å². The Morgan fingerprint density at radius 1 is 1.46 bits per heavy atom. The van der Waals surface area contributed by atoms with Crippen LogP contribution in [0.1, 0.15) is 33.6 Å². The highest BCUT2D eigenvalue weighted by Gasteiger charge is 2.26. The summed E-state index contributed by atoms with van der Waals surface area (Å²) in [6.07, 6.45) is 1.98. The Morgan fingerprint density at radius 2 is 2.08 bits per heavy atom. The molecule has 1 N–H and O–H groups in total. The summed E-state index contributed by atoms with van der Waals surface area (Å²) in [5.74, 6) is -0.111. The molecule has 13 heavy (non-hydrogen) atoms. The van der Waals surface area contributed by atoms with Gasteiger partial charge in [0, 0.05) is 0 Å². The van der Waals surface area contributed by atoms with Gasteiger partial charge < -0.3 is 10.1 Å². The highest BCUT2D eigenvalue weighted by atomic mass is 79.9. The number of carbonyl (C=O) groups is 1. The Labute approximate surface area is 90.0 Å². The van der Waals surface area contributed by atoms with Crippen LogP contribution in [0.4, 0.5) is 0 Å². The van der Waals surface area contributed by atoms with Gasteiger partial charge in [0.2, 0.25) is 0 Å². The van der Waals surface area contributed by atoms with E-state index in [9.17, 15) is 4.79 Å². The van der Waals surface area contributed by atoms with Gasteiger partial charge in [0.05, 0.1) is 0 Å². The molecule has 1 aliphatic heterocycles. The number of hydrogen-bond donors (Lipinski definition) is 1. The minimum absolute atomic E-state index is 0. The van der Waals surface area contributed by atoms with E-state index in [4.69, 9.17) is 4.74 Å². The maximum Gasteiger partial charge on any atom is 0.323 e. The lowest BCUT2D eigenvalue weighted by Gasteiger charge is -2.21. The minimum atomic E-state index is -0.360. The third kappa shape index (κ3) is 4.62. The SMILES string of the molecule is Br.CC(C)(C)OC(=O)C1CCCN1. The van der Waals surface area contributed by atoms with Gasteiger partial charge in [-0.1, -0.05) is 0 Å². The molecule has 1 fully saturated rings. The normalized spacial score (nSPS) is 22.2. The van der Waals surface area contributed by atoms with E-state index in [2.05, 4.69) is 5.32 Å². The molecule has 0 aromatic rings. The van der Waals surface area contributed by atoms with E-state index < -0.39 is 0 Å². The summed E-state index contributed by atoms with van der Waals surface area (Å²) < 4.78 is 5.22. The van der Waals surface area contributed by atoms with Crippen molar-refractivity contribution in [3.8, 4) is 0 Å². The Hall–Kier alpha value is -0.0900. The van der Waals surface area contributed by atoms with Gasteiger partial charge >= 0.3 is 5.97 Å². The average Bonchev–Trinajstić information content (AvgIpc) is 2.32. The number of rotatable bonds is 1. The zero-order valence-corrected chi connectivity index (χ0v) is 10.1. The first-order chi connectivity index (χ1) is 5.49. The van der Waals surface area contributed by atoms with Gasteiger partial charge in [0.15, 0.2) is 0 Å². The summed E-state index contributed by atoms with van der Waals surface area (Å²) in [5.41, 5.74) is -0.360. The molecule has 0 radical (unpaired) electrons. The molecular weight excluding hydrogens is 234 g/mol. The number of ether oxygens (including phenoxy) is 1. The number of nitrogens with one attached hydrogen (secondary N) is 1. The predicted octanol–water partition coefficient (Wildman–Crippen LogP) is 1.66. The molecule has 0 saturated carbocycles. The van der Waals surface area contributed by atoms with Gasteiger partial charge in [0.25, 0.3) is 0 Å². The summed E-state index contributed by atoms with van der Waals surface area (Å²) >= 11 is 0. The maximum atomic E-state index is 11.4. The van der Waals surface area contributed by atoms with Crippen LogP contribution in [0, 0.1) is 0 Å². The van der Waals surface area contributed by atoms with Crippen LogP contribution in [0.25, 0.3) is 0 Å². The third-order valence-corrected chi connectivity index (χ3v) is 1.75. The standard InChI is InChI=1S/C9H17NO2.BrH/c1-9(2,3)12-8(11)7-5-4-6-10-7;/h7,10H,4-6H2,1-3H3;1H. The summed E-state index contributed by atoms with van der Waals surface area (Å²) in [6, 6.07) is -0.0655. The quantitative estimate of drug-likeness (QED) is 0.721. The molecule has 0 aromatic carbocycles. The lowest BCUT2D eigenvalue weighted by Crippen LogP contribution is -2.37.